The van der Waals surface area contributed by atoms with Crippen molar-refractivity contribution in [2.24, 2.45) is 5.73 Å². The molecule has 0 spiro atoms. The van der Waals surface area contributed by atoms with E-state index in [0.717, 1.165) is 0 Å². The Labute approximate surface area is 127 Å². The number of carbonyl (C=O) groups is 3. The number of para-hydroxylation sites is 1. The average molecular weight is 297 g/mol. The zero-order valence-electron chi connectivity index (χ0n) is 11.8. The molecule has 0 atom stereocenters. The molecule has 22 heavy (non-hydrogen) atoms. The highest BCUT2D eigenvalue weighted by Crippen LogP contribution is 2.15. The second-order valence-corrected chi connectivity index (χ2v) is 4.62. The van der Waals surface area contributed by atoms with Gasteiger partial charge in [-0.1, -0.05) is 12.1 Å². The number of amides is 2. The predicted octanol–water partition coefficient (Wildman–Crippen LogP) is 1.78. The summed E-state index contributed by atoms with van der Waals surface area (Å²) >= 11 is 0. The summed E-state index contributed by atoms with van der Waals surface area (Å²) in [6.45, 7) is 0. The minimum absolute atomic E-state index is 0.0147. The van der Waals surface area contributed by atoms with Gasteiger partial charge in [0, 0.05) is 30.8 Å². The molecule has 0 fully saturated rings. The van der Waals surface area contributed by atoms with Gasteiger partial charge in [0.25, 0.3) is 5.91 Å². The molecule has 2 aromatic rings. The number of carbonyl (C=O) groups excluding carboxylic acids is 3. The average Bonchev–Trinajstić information content (AvgIpc) is 2.53. The number of rotatable bonds is 6. The number of anilines is 1. The molecule has 2 rings (SSSR count). The Balaban J connectivity index is 1.94. The standard InChI is InChI=1S/C16H15N3O3/c17-16(22)12-5-1-2-6-13(12)19-15(21)8-7-14(20)11-4-3-9-18-10-11/h1-6,9-10H,7-8H2,(H2,17,22)(H,19,21). The number of pyridine rings is 1. The summed E-state index contributed by atoms with van der Waals surface area (Å²) in [6, 6.07) is 9.76. The van der Waals surface area contributed by atoms with Crippen molar-refractivity contribution in [3.05, 3.63) is 59.9 Å². The summed E-state index contributed by atoms with van der Waals surface area (Å²) < 4.78 is 0. The van der Waals surface area contributed by atoms with Crippen molar-refractivity contribution >= 4 is 23.3 Å². The smallest absolute Gasteiger partial charge is 0.250 e. The molecule has 0 aliphatic carbocycles. The molecule has 6 nitrogen and oxygen atoms in total. The van der Waals surface area contributed by atoms with Gasteiger partial charge in [-0.2, -0.15) is 0 Å². The van der Waals surface area contributed by atoms with Crippen LogP contribution in [-0.2, 0) is 4.79 Å². The van der Waals surface area contributed by atoms with E-state index in [2.05, 4.69) is 10.3 Å². The third-order valence-electron chi connectivity index (χ3n) is 3.03. The molecule has 0 unspecified atom stereocenters. The quantitative estimate of drug-likeness (QED) is 0.793. The molecule has 1 aromatic carbocycles. The summed E-state index contributed by atoms with van der Waals surface area (Å²) in [5, 5.41) is 2.59. The Kier molecular flexibility index (Phi) is 4.98. The second-order valence-electron chi connectivity index (χ2n) is 4.62. The van der Waals surface area contributed by atoms with Gasteiger partial charge in [0.1, 0.15) is 0 Å². The van der Waals surface area contributed by atoms with Crippen LogP contribution in [0.25, 0.3) is 0 Å². The molecule has 0 saturated heterocycles. The molecule has 3 N–H and O–H groups in total. The number of benzene rings is 1. The Morgan fingerprint density at radius 1 is 1.05 bits per heavy atom. The Morgan fingerprint density at radius 3 is 2.50 bits per heavy atom. The van der Waals surface area contributed by atoms with Gasteiger partial charge in [-0.15, -0.1) is 0 Å². The molecule has 1 aromatic heterocycles. The monoisotopic (exact) mass is 297 g/mol. The maximum absolute atomic E-state index is 11.9. The topological polar surface area (TPSA) is 102 Å². The highest BCUT2D eigenvalue weighted by molar-refractivity contribution is 6.04. The van der Waals surface area contributed by atoms with Crippen molar-refractivity contribution in [3.63, 3.8) is 0 Å². The third-order valence-corrected chi connectivity index (χ3v) is 3.03. The molecule has 6 heteroatoms. The summed E-state index contributed by atoms with van der Waals surface area (Å²) in [7, 11) is 0. The number of ketones is 1. The lowest BCUT2D eigenvalue weighted by molar-refractivity contribution is -0.116. The van der Waals surface area contributed by atoms with E-state index in [1.807, 2.05) is 0 Å². The number of nitrogens with zero attached hydrogens (tertiary/aromatic N) is 1. The van der Waals surface area contributed by atoms with Crippen LogP contribution in [0.3, 0.4) is 0 Å². The largest absolute Gasteiger partial charge is 0.366 e. The van der Waals surface area contributed by atoms with E-state index < -0.39 is 5.91 Å². The van der Waals surface area contributed by atoms with Crippen molar-refractivity contribution in [1.29, 1.82) is 0 Å². The first kappa shape index (κ1) is 15.4. The van der Waals surface area contributed by atoms with Crippen LogP contribution < -0.4 is 11.1 Å². The van der Waals surface area contributed by atoms with Gasteiger partial charge in [0.15, 0.2) is 5.78 Å². The first-order valence-electron chi connectivity index (χ1n) is 6.70. The van der Waals surface area contributed by atoms with Crippen LogP contribution in [0.4, 0.5) is 5.69 Å². The van der Waals surface area contributed by atoms with Crippen LogP contribution in [0.5, 0.6) is 0 Å². The van der Waals surface area contributed by atoms with Crippen LogP contribution in [0.15, 0.2) is 48.8 Å². The first-order chi connectivity index (χ1) is 10.6. The predicted molar refractivity (Wildman–Crippen MR) is 81.4 cm³/mol. The number of nitrogens with two attached hydrogens (primary N) is 1. The van der Waals surface area contributed by atoms with Crippen LogP contribution in [-0.4, -0.2) is 22.6 Å². The first-order valence-corrected chi connectivity index (χ1v) is 6.70. The van der Waals surface area contributed by atoms with Crippen molar-refractivity contribution in [2.75, 3.05) is 5.32 Å². The molecule has 0 radical (unpaired) electrons. The van der Waals surface area contributed by atoms with Gasteiger partial charge in [-0.25, -0.2) is 0 Å². The molecule has 0 aliphatic rings. The highest BCUT2D eigenvalue weighted by atomic mass is 16.2. The van der Waals surface area contributed by atoms with Crippen molar-refractivity contribution in [1.82, 2.24) is 4.98 Å². The maximum Gasteiger partial charge on any atom is 0.250 e. The maximum atomic E-state index is 11.9. The summed E-state index contributed by atoms with van der Waals surface area (Å²) in [5.74, 6) is -1.14. The van der Waals surface area contributed by atoms with E-state index in [1.165, 1.54) is 12.3 Å². The van der Waals surface area contributed by atoms with Gasteiger partial charge < -0.3 is 11.1 Å². The second kappa shape index (κ2) is 7.12. The fraction of sp³-hybridized carbons (Fsp3) is 0.125. The summed E-state index contributed by atoms with van der Waals surface area (Å²) in [5.41, 5.74) is 6.28. The summed E-state index contributed by atoms with van der Waals surface area (Å²) in [4.78, 5) is 38.9. The lowest BCUT2D eigenvalue weighted by Gasteiger charge is -2.08. The Morgan fingerprint density at radius 2 is 1.82 bits per heavy atom. The normalized spacial score (nSPS) is 10.0. The molecule has 112 valence electrons. The SMILES string of the molecule is NC(=O)c1ccccc1NC(=O)CCC(=O)c1cccnc1. The Hall–Kier alpha value is -3.02. The molecule has 0 saturated carbocycles. The molecule has 1 heterocycles. The van der Waals surface area contributed by atoms with Crippen molar-refractivity contribution in [3.8, 4) is 0 Å². The zero-order valence-corrected chi connectivity index (χ0v) is 11.8. The lowest BCUT2D eigenvalue weighted by atomic mass is 10.1. The number of hydrogen-bond donors (Lipinski definition) is 2. The lowest BCUT2D eigenvalue weighted by Crippen LogP contribution is -2.18. The van der Waals surface area contributed by atoms with Gasteiger partial charge in [-0.05, 0) is 24.3 Å². The van der Waals surface area contributed by atoms with E-state index in [0.29, 0.717) is 11.3 Å². The van der Waals surface area contributed by atoms with Gasteiger partial charge in [0.05, 0.1) is 11.3 Å². The van der Waals surface area contributed by atoms with Crippen LogP contribution in [0.1, 0.15) is 33.6 Å². The highest BCUT2D eigenvalue weighted by Gasteiger charge is 2.12. The minimum atomic E-state index is -0.623. The van der Waals surface area contributed by atoms with Gasteiger partial charge in [-0.3, -0.25) is 19.4 Å². The van der Waals surface area contributed by atoms with Crippen LogP contribution >= 0.6 is 0 Å². The zero-order chi connectivity index (χ0) is 15.9. The molecular formula is C16H15N3O3. The van der Waals surface area contributed by atoms with E-state index >= 15 is 0 Å². The number of hydrogen-bond acceptors (Lipinski definition) is 4. The van der Waals surface area contributed by atoms with Gasteiger partial charge in [0.2, 0.25) is 5.91 Å². The molecule has 2 amide bonds. The van der Waals surface area contributed by atoms with Crippen LogP contribution in [0, 0.1) is 0 Å². The fourth-order valence-corrected chi connectivity index (χ4v) is 1.92. The van der Waals surface area contributed by atoms with Crippen molar-refractivity contribution in [2.45, 2.75) is 12.8 Å². The van der Waals surface area contributed by atoms with E-state index in [1.54, 1.807) is 36.5 Å². The number of aromatic nitrogens is 1. The van der Waals surface area contributed by atoms with E-state index in [9.17, 15) is 14.4 Å². The number of nitrogens with one attached hydrogen (secondary N) is 1. The van der Waals surface area contributed by atoms with Gasteiger partial charge >= 0.3 is 0 Å². The van der Waals surface area contributed by atoms with E-state index in [4.69, 9.17) is 5.73 Å². The third kappa shape index (κ3) is 3.99. The van der Waals surface area contributed by atoms with E-state index in [-0.39, 0.29) is 30.1 Å². The molecule has 0 aliphatic heterocycles. The molecule has 0 bridgehead atoms. The minimum Gasteiger partial charge on any atom is -0.366 e. The number of primary amides is 1. The fourth-order valence-electron chi connectivity index (χ4n) is 1.92. The van der Waals surface area contributed by atoms with Crippen LogP contribution in [0.2, 0.25) is 0 Å². The number of Topliss-reactive ketones (excluding diaryl/α,β-unsaturated/α-hetero) is 1. The Bertz CT molecular complexity index is 699. The molecular weight excluding hydrogens is 282 g/mol. The summed E-state index contributed by atoms with van der Waals surface area (Å²) in [6.07, 6.45) is 3.12. The van der Waals surface area contributed by atoms with Crippen molar-refractivity contribution < 1.29 is 14.4 Å².